The summed E-state index contributed by atoms with van der Waals surface area (Å²) < 4.78 is 10.2. The fourth-order valence-corrected chi connectivity index (χ4v) is 2.73. The highest BCUT2D eigenvalue weighted by atomic mass is 16.5. The van der Waals surface area contributed by atoms with Crippen LogP contribution in [-0.4, -0.2) is 30.9 Å². The third-order valence-electron chi connectivity index (χ3n) is 4.41. The zero-order valence-corrected chi connectivity index (χ0v) is 17.1. The zero-order chi connectivity index (χ0) is 21.2. The van der Waals surface area contributed by atoms with Crippen LogP contribution in [0.25, 0.3) is 0 Å². The molecule has 0 unspecified atom stereocenters. The van der Waals surface area contributed by atoms with Crippen molar-refractivity contribution < 1.29 is 23.9 Å². The lowest BCUT2D eigenvalue weighted by atomic mass is 10.0. The normalized spacial score (nSPS) is 11.4. The molecule has 2 rings (SSSR count). The number of hydrogen-bond acceptors (Lipinski definition) is 5. The SMILES string of the molecule is CCCc1ccc(C(=O)CCC(=O)O[C@H](C)C(=O)Nc2ccc(OC)cc2)cc1. The lowest BCUT2D eigenvalue weighted by molar-refractivity contribution is -0.153. The molecule has 0 aliphatic rings. The van der Waals surface area contributed by atoms with Crippen LogP contribution < -0.4 is 10.1 Å². The highest BCUT2D eigenvalue weighted by Crippen LogP contribution is 2.16. The highest BCUT2D eigenvalue weighted by molar-refractivity contribution is 5.98. The molecule has 0 fully saturated rings. The van der Waals surface area contributed by atoms with Gasteiger partial charge in [-0.3, -0.25) is 14.4 Å². The van der Waals surface area contributed by atoms with Crippen molar-refractivity contribution in [2.24, 2.45) is 0 Å². The Labute approximate surface area is 171 Å². The van der Waals surface area contributed by atoms with Crippen molar-refractivity contribution in [3.05, 3.63) is 59.7 Å². The molecule has 0 radical (unpaired) electrons. The number of aryl methyl sites for hydroxylation is 1. The Morgan fingerprint density at radius 2 is 1.62 bits per heavy atom. The third-order valence-corrected chi connectivity index (χ3v) is 4.41. The van der Waals surface area contributed by atoms with Gasteiger partial charge in [0.15, 0.2) is 11.9 Å². The van der Waals surface area contributed by atoms with Crippen LogP contribution >= 0.6 is 0 Å². The van der Waals surface area contributed by atoms with Gasteiger partial charge in [0.25, 0.3) is 5.91 Å². The maximum atomic E-state index is 12.2. The van der Waals surface area contributed by atoms with Crippen LogP contribution in [0.4, 0.5) is 5.69 Å². The number of carbonyl (C=O) groups excluding carboxylic acids is 3. The van der Waals surface area contributed by atoms with Crippen molar-refractivity contribution in [2.75, 3.05) is 12.4 Å². The predicted octanol–water partition coefficient (Wildman–Crippen LogP) is 4.18. The fraction of sp³-hybridized carbons (Fsp3) is 0.348. The Balaban J connectivity index is 1.78. The van der Waals surface area contributed by atoms with Crippen LogP contribution in [0.15, 0.2) is 48.5 Å². The summed E-state index contributed by atoms with van der Waals surface area (Å²) in [5, 5.41) is 2.67. The molecule has 0 bridgehead atoms. The van der Waals surface area contributed by atoms with E-state index in [2.05, 4.69) is 12.2 Å². The lowest BCUT2D eigenvalue weighted by Crippen LogP contribution is -2.30. The molecular formula is C23H27NO5. The molecule has 154 valence electrons. The topological polar surface area (TPSA) is 81.7 Å². The number of ketones is 1. The number of carbonyl (C=O) groups is 3. The van der Waals surface area contributed by atoms with E-state index in [1.54, 1.807) is 43.5 Å². The van der Waals surface area contributed by atoms with Crippen molar-refractivity contribution in [1.82, 2.24) is 0 Å². The van der Waals surface area contributed by atoms with Gasteiger partial charge in [-0.25, -0.2) is 0 Å². The third kappa shape index (κ3) is 7.07. The lowest BCUT2D eigenvalue weighted by Gasteiger charge is -2.13. The van der Waals surface area contributed by atoms with Crippen LogP contribution in [0.5, 0.6) is 5.75 Å². The molecule has 6 nitrogen and oxygen atoms in total. The molecule has 0 aliphatic heterocycles. The number of rotatable bonds is 10. The molecule has 0 saturated heterocycles. The van der Waals surface area contributed by atoms with E-state index in [0.717, 1.165) is 12.8 Å². The second-order valence-corrected chi connectivity index (χ2v) is 6.72. The van der Waals surface area contributed by atoms with Gasteiger partial charge < -0.3 is 14.8 Å². The molecule has 1 N–H and O–H groups in total. The Morgan fingerprint density at radius 1 is 0.966 bits per heavy atom. The van der Waals surface area contributed by atoms with Crippen LogP contribution in [0.2, 0.25) is 0 Å². The van der Waals surface area contributed by atoms with Gasteiger partial charge in [-0.1, -0.05) is 37.6 Å². The average molecular weight is 397 g/mol. The molecular weight excluding hydrogens is 370 g/mol. The molecule has 1 atom stereocenters. The van der Waals surface area contributed by atoms with E-state index in [1.165, 1.54) is 12.5 Å². The quantitative estimate of drug-likeness (QED) is 0.480. The van der Waals surface area contributed by atoms with Crippen molar-refractivity contribution >= 4 is 23.3 Å². The van der Waals surface area contributed by atoms with E-state index in [-0.39, 0.29) is 18.6 Å². The Morgan fingerprint density at radius 3 is 2.21 bits per heavy atom. The number of methoxy groups -OCH3 is 1. The molecule has 2 aromatic rings. The van der Waals surface area contributed by atoms with E-state index in [9.17, 15) is 14.4 Å². The number of esters is 1. The monoisotopic (exact) mass is 397 g/mol. The van der Waals surface area contributed by atoms with E-state index in [4.69, 9.17) is 9.47 Å². The number of ether oxygens (including phenoxy) is 2. The van der Waals surface area contributed by atoms with Crippen molar-refractivity contribution in [2.45, 2.75) is 45.6 Å². The number of anilines is 1. The standard InChI is InChI=1S/C23H27NO5/c1-4-5-17-6-8-18(9-7-17)21(25)14-15-22(26)29-16(2)23(27)24-19-10-12-20(28-3)13-11-19/h6-13,16H,4-5,14-15H2,1-3H3,(H,24,27)/t16-/m1/s1. The van der Waals surface area contributed by atoms with Gasteiger partial charge in [0, 0.05) is 17.7 Å². The average Bonchev–Trinajstić information content (AvgIpc) is 2.73. The highest BCUT2D eigenvalue weighted by Gasteiger charge is 2.19. The molecule has 1 amide bonds. The Hall–Kier alpha value is -3.15. The first-order chi connectivity index (χ1) is 13.9. The molecule has 0 spiro atoms. The summed E-state index contributed by atoms with van der Waals surface area (Å²) in [5.74, 6) is -0.479. The summed E-state index contributed by atoms with van der Waals surface area (Å²) in [4.78, 5) is 36.4. The van der Waals surface area contributed by atoms with Crippen LogP contribution in [0.3, 0.4) is 0 Å². The smallest absolute Gasteiger partial charge is 0.307 e. The van der Waals surface area contributed by atoms with Gasteiger partial charge in [0.1, 0.15) is 5.75 Å². The molecule has 0 aromatic heterocycles. The maximum Gasteiger partial charge on any atom is 0.307 e. The van der Waals surface area contributed by atoms with E-state index in [0.29, 0.717) is 17.0 Å². The second kappa shape index (κ2) is 11.0. The summed E-state index contributed by atoms with van der Waals surface area (Å²) in [6.07, 6.45) is 1.02. The minimum Gasteiger partial charge on any atom is -0.497 e. The molecule has 0 heterocycles. The number of nitrogens with one attached hydrogen (secondary N) is 1. The first-order valence-electron chi connectivity index (χ1n) is 9.69. The first kappa shape index (κ1) is 22.1. The zero-order valence-electron chi connectivity index (χ0n) is 17.1. The summed E-state index contributed by atoms with van der Waals surface area (Å²) in [6, 6.07) is 14.2. The first-order valence-corrected chi connectivity index (χ1v) is 9.69. The van der Waals surface area contributed by atoms with Crippen LogP contribution in [0.1, 0.15) is 49.0 Å². The summed E-state index contributed by atoms with van der Waals surface area (Å²) in [6.45, 7) is 3.59. The van der Waals surface area contributed by atoms with Crippen molar-refractivity contribution in [3.8, 4) is 5.75 Å². The predicted molar refractivity (Wildman–Crippen MR) is 111 cm³/mol. The maximum absolute atomic E-state index is 12.2. The molecule has 0 aliphatic carbocycles. The van der Waals surface area contributed by atoms with Gasteiger partial charge in [-0.05, 0) is 43.2 Å². The van der Waals surface area contributed by atoms with Crippen molar-refractivity contribution in [3.63, 3.8) is 0 Å². The van der Waals surface area contributed by atoms with Gasteiger partial charge in [0.05, 0.1) is 13.5 Å². The largest absolute Gasteiger partial charge is 0.497 e. The number of benzene rings is 2. The summed E-state index contributed by atoms with van der Waals surface area (Å²) >= 11 is 0. The summed E-state index contributed by atoms with van der Waals surface area (Å²) in [5.41, 5.74) is 2.32. The molecule has 29 heavy (non-hydrogen) atoms. The number of Topliss-reactive ketones (excluding diaryl/α,β-unsaturated/α-hetero) is 1. The fourth-order valence-electron chi connectivity index (χ4n) is 2.73. The van der Waals surface area contributed by atoms with Crippen LogP contribution in [-0.2, 0) is 20.7 Å². The second-order valence-electron chi connectivity index (χ2n) is 6.72. The minimum atomic E-state index is -0.965. The van der Waals surface area contributed by atoms with E-state index in [1.807, 2.05) is 12.1 Å². The van der Waals surface area contributed by atoms with Gasteiger partial charge >= 0.3 is 5.97 Å². The molecule has 6 heteroatoms. The van der Waals surface area contributed by atoms with Crippen LogP contribution in [0, 0.1) is 0 Å². The van der Waals surface area contributed by atoms with Gasteiger partial charge in [-0.2, -0.15) is 0 Å². The Bertz CT molecular complexity index is 827. The van der Waals surface area contributed by atoms with E-state index >= 15 is 0 Å². The number of hydrogen-bond donors (Lipinski definition) is 1. The minimum absolute atomic E-state index is 0.0405. The summed E-state index contributed by atoms with van der Waals surface area (Å²) in [7, 11) is 1.56. The number of amides is 1. The van der Waals surface area contributed by atoms with Crippen molar-refractivity contribution in [1.29, 1.82) is 0 Å². The Kier molecular flexibility index (Phi) is 8.40. The van der Waals surface area contributed by atoms with Gasteiger partial charge in [-0.15, -0.1) is 0 Å². The molecule has 2 aromatic carbocycles. The van der Waals surface area contributed by atoms with E-state index < -0.39 is 18.0 Å². The molecule has 0 saturated carbocycles. The van der Waals surface area contributed by atoms with Gasteiger partial charge in [0.2, 0.25) is 0 Å².